The van der Waals surface area contributed by atoms with Crippen LogP contribution in [0.5, 0.6) is 0 Å². The van der Waals surface area contributed by atoms with E-state index in [-0.39, 0.29) is 5.82 Å². The fourth-order valence-electron chi connectivity index (χ4n) is 1.47. The van der Waals surface area contributed by atoms with Crippen LogP contribution >= 0.6 is 0 Å². The number of hydrogen-bond donors (Lipinski definition) is 1. The molecule has 76 valence electrons. The average Bonchev–Trinajstić information content (AvgIpc) is 2.23. The lowest BCUT2D eigenvalue weighted by Gasteiger charge is -2.05. The zero-order valence-electron chi connectivity index (χ0n) is 8.37. The Balaban J connectivity index is 2.53. The number of pyridine rings is 1. The standard InChI is InChI=1S/C12H11FN2/c1-8-12(6-11(14)7-15-8)9-2-4-10(13)5-3-9/h2-7H,14H2,1H3. The van der Waals surface area contributed by atoms with Gasteiger partial charge in [0.1, 0.15) is 5.82 Å². The van der Waals surface area contributed by atoms with Crippen LogP contribution in [0.3, 0.4) is 0 Å². The van der Waals surface area contributed by atoms with E-state index in [0.717, 1.165) is 16.8 Å². The quantitative estimate of drug-likeness (QED) is 0.772. The minimum atomic E-state index is -0.242. The zero-order chi connectivity index (χ0) is 10.8. The van der Waals surface area contributed by atoms with Gasteiger partial charge in [-0.1, -0.05) is 12.1 Å². The smallest absolute Gasteiger partial charge is 0.123 e. The van der Waals surface area contributed by atoms with Crippen molar-refractivity contribution in [3.05, 3.63) is 48.0 Å². The van der Waals surface area contributed by atoms with E-state index in [9.17, 15) is 4.39 Å². The van der Waals surface area contributed by atoms with Crippen LogP contribution in [0.15, 0.2) is 36.5 Å². The van der Waals surface area contributed by atoms with Gasteiger partial charge in [-0.15, -0.1) is 0 Å². The van der Waals surface area contributed by atoms with E-state index in [4.69, 9.17) is 5.73 Å². The lowest BCUT2D eigenvalue weighted by atomic mass is 10.0. The molecule has 3 heteroatoms. The van der Waals surface area contributed by atoms with Gasteiger partial charge in [0, 0.05) is 11.3 Å². The molecule has 0 radical (unpaired) electrons. The molecule has 1 aromatic carbocycles. The number of anilines is 1. The normalized spacial score (nSPS) is 10.3. The minimum Gasteiger partial charge on any atom is -0.397 e. The summed E-state index contributed by atoms with van der Waals surface area (Å²) in [6, 6.07) is 8.14. The van der Waals surface area contributed by atoms with Crippen LogP contribution in [-0.2, 0) is 0 Å². The van der Waals surface area contributed by atoms with Crippen LogP contribution in [-0.4, -0.2) is 4.98 Å². The Hall–Kier alpha value is -1.90. The predicted octanol–water partition coefficient (Wildman–Crippen LogP) is 2.78. The molecule has 15 heavy (non-hydrogen) atoms. The van der Waals surface area contributed by atoms with Crippen molar-refractivity contribution in [3.8, 4) is 11.1 Å². The average molecular weight is 202 g/mol. The summed E-state index contributed by atoms with van der Waals surface area (Å²) in [4.78, 5) is 4.16. The fourth-order valence-corrected chi connectivity index (χ4v) is 1.47. The molecule has 1 aromatic heterocycles. The summed E-state index contributed by atoms with van der Waals surface area (Å²) in [7, 11) is 0. The second-order valence-electron chi connectivity index (χ2n) is 3.41. The van der Waals surface area contributed by atoms with E-state index in [1.54, 1.807) is 18.3 Å². The molecule has 0 saturated carbocycles. The second-order valence-corrected chi connectivity index (χ2v) is 3.41. The van der Waals surface area contributed by atoms with Gasteiger partial charge in [0.05, 0.1) is 11.9 Å². The van der Waals surface area contributed by atoms with Crippen LogP contribution in [0.1, 0.15) is 5.69 Å². The Morgan fingerprint density at radius 1 is 1.20 bits per heavy atom. The van der Waals surface area contributed by atoms with Gasteiger partial charge in [-0.05, 0) is 30.7 Å². The minimum absolute atomic E-state index is 0.242. The Morgan fingerprint density at radius 3 is 2.53 bits per heavy atom. The van der Waals surface area contributed by atoms with Crippen LogP contribution in [0.4, 0.5) is 10.1 Å². The Morgan fingerprint density at radius 2 is 1.87 bits per heavy atom. The number of halogens is 1. The van der Waals surface area contributed by atoms with E-state index < -0.39 is 0 Å². The molecule has 0 saturated heterocycles. The monoisotopic (exact) mass is 202 g/mol. The summed E-state index contributed by atoms with van der Waals surface area (Å²) in [5, 5.41) is 0. The van der Waals surface area contributed by atoms with Crippen LogP contribution in [0.2, 0.25) is 0 Å². The molecule has 2 N–H and O–H groups in total. The van der Waals surface area contributed by atoms with Gasteiger partial charge in [0.2, 0.25) is 0 Å². The first-order chi connectivity index (χ1) is 7.16. The summed E-state index contributed by atoms with van der Waals surface area (Å²) < 4.78 is 12.7. The van der Waals surface area contributed by atoms with Crippen molar-refractivity contribution in [2.75, 3.05) is 5.73 Å². The first-order valence-corrected chi connectivity index (χ1v) is 4.65. The van der Waals surface area contributed by atoms with Crippen molar-refractivity contribution >= 4 is 5.69 Å². The van der Waals surface area contributed by atoms with Gasteiger partial charge in [-0.3, -0.25) is 4.98 Å². The summed E-state index contributed by atoms with van der Waals surface area (Å²) in [5.41, 5.74) is 9.02. The number of nitrogens with zero attached hydrogens (tertiary/aromatic N) is 1. The second kappa shape index (κ2) is 3.69. The summed E-state index contributed by atoms with van der Waals surface area (Å²) in [6.45, 7) is 1.90. The molecule has 0 aliphatic heterocycles. The highest BCUT2D eigenvalue weighted by molar-refractivity contribution is 5.68. The molecule has 0 atom stereocenters. The van der Waals surface area contributed by atoms with Crippen LogP contribution in [0, 0.1) is 12.7 Å². The van der Waals surface area contributed by atoms with Gasteiger partial charge in [0.25, 0.3) is 0 Å². The number of nitrogens with two attached hydrogens (primary N) is 1. The van der Waals surface area contributed by atoms with Gasteiger partial charge in [-0.25, -0.2) is 4.39 Å². The number of aryl methyl sites for hydroxylation is 1. The van der Waals surface area contributed by atoms with Gasteiger partial charge in [-0.2, -0.15) is 0 Å². The van der Waals surface area contributed by atoms with Crippen molar-refractivity contribution in [3.63, 3.8) is 0 Å². The Labute approximate surface area is 87.6 Å². The van der Waals surface area contributed by atoms with Gasteiger partial charge >= 0.3 is 0 Å². The summed E-state index contributed by atoms with van der Waals surface area (Å²) in [5.74, 6) is -0.242. The molecule has 0 bridgehead atoms. The maximum Gasteiger partial charge on any atom is 0.123 e. The van der Waals surface area contributed by atoms with E-state index >= 15 is 0 Å². The highest BCUT2D eigenvalue weighted by atomic mass is 19.1. The summed E-state index contributed by atoms with van der Waals surface area (Å²) in [6.07, 6.45) is 1.61. The molecular formula is C12H11FN2. The van der Waals surface area contributed by atoms with E-state index in [0.29, 0.717) is 5.69 Å². The number of rotatable bonds is 1. The van der Waals surface area contributed by atoms with Crippen molar-refractivity contribution in [2.45, 2.75) is 6.92 Å². The fraction of sp³-hybridized carbons (Fsp3) is 0.0833. The number of hydrogen-bond acceptors (Lipinski definition) is 2. The largest absolute Gasteiger partial charge is 0.397 e. The molecule has 0 unspecified atom stereocenters. The third-order valence-corrected chi connectivity index (χ3v) is 2.26. The molecule has 0 amide bonds. The first-order valence-electron chi connectivity index (χ1n) is 4.65. The lowest BCUT2D eigenvalue weighted by Crippen LogP contribution is -1.92. The molecule has 2 aromatic rings. The molecule has 2 rings (SSSR count). The number of nitrogen functional groups attached to an aromatic ring is 1. The molecule has 0 aliphatic carbocycles. The highest BCUT2D eigenvalue weighted by Crippen LogP contribution is 2.23. The van der Waals surface area contributed by atoms with Gasteiger partial charge in [0.15, 0.2) is 0 Å². The first kappa shape index (κ1) is 9.65. The summed E-state index contributed by atoms with van der Waals surface area (Å²) >= 11 is 0. The van der Waals surface area contributed by atoms with E-state index in [1.165, 1.54) is 12.1 Å². The maximum absolute atomic E-state index is 12.7. The van der Waals surface area contributed by atoms with Crippen LogP contribution < -0.4 is 5.73 Å². The predicted molar refractivity (Wildman–Crippen MR) is 58.8 cm³/mol. The van der Waals surface area contributed by atoms with Crippen LogP contribution in [0.25, 0.3) is 11.1 Å². The van der Waals surface area contributed by atoms with E-state index in [2.05, 4.69) is 4.98 Å². The maximum atomic E-state index is 12.7. The third-order valence-electron chi connectivity index (χ3n) is 2.26. The third kappa shape index (κ3) is 1.96. The topological polar surface area (TPSA) is 38.9 Å². The van der Waals surface area contributed by atoms with Crippen molar-refractivity contribution in [1.29, 1.82) is 0 Å². The Kier molecular flexibility index (Phi) is 2.37. The Bertz CT molecular complexity index is 477. The van der Waals surface area contributed by atoms with Crippen molar-refractivity contribution < 1.29 is 4.39 Å². The van der Waals surface area contributed by atoms with Crippen molar-refractivity contribution in [2.24, 2.45) is 0 Å². The van der Waals surface area contributed by atoms with Gasteiger partial charge < -0.3 is 5.73 Å². The SMILES string of the molecule is Cc1ncc(N)cc1-c1ccc(F)cc1. The van der Waals surface area contributed by atoms with Crippen molar-refractivity contribution in [1.82, 2.24) is 4.98 Å². The molecule has 1 heterocycles. The molecular weight excluding hydrogens is 191 g/mol. The molecule has 0 spiro atoms. The molecule has 0 aliphatic rings. The molecule has 0 fully saturated rings. The highest BCUT2D eigenvalue weighted by Gasteiger charge is 2.03. The zero-order valence-corrected chi connectivity index (χ0v) is 8.37. The van der Waals surface area contributed by atoms with E-state index in [1.807, 2.05) is 13.0 Å². The lowest BCUT2D eigenvalue weighted by molar-refractivity contribution is 0.628. The number of aromatic nitrogens is 1. The number of benzene rings is 1. The molecule has 2 nitrogen and oxygen atoms in total.